The Labute approximate surface area is 142 Å². The highest BCUT2D eigenvalue weighted by molar-refractivity contribution is 6.03. The number of carbonyl (C=O) groups excluding carboxylic acids is 1. The van der Waals surface area contributed by atoms with E-state index in [0.29, 0.717) is 10.9 Å². The largest absolute Gasteiger partial charge is 0.506 e. The number of hydrogen-bond donors (Lipinski definition) is 2. The molecule has 1 fully saturated rings. The summed E-state index contributed by atoms with van der Waals surface area (Å²) < 4.78 is 0. The molecule has 128 valence electrons. The van der Waals surface area contributed by atoms with Gasteiger partial charge in [-0.15, -0.1) is 0 Å². The van der Waals surface area contributed by atoms with Gasteiger partial charge < -0.3 is 15.3 Å². The van der Waals surface area contributed by atoms with E-state index in [1.807, 2.05) is 37.3 Å². The van der Waals surface area contributed by atoms with Crippen LogP contribution in [0.2, 0.25) is 0 Å². The Morgan fingerprint density at radius 2 is 1.88 bits per heavy atom. The van der Waals surface area contributed by atoms with Crippen molar-refractivity contribution in [3.63, 3.8) is 0 Å². The van der Waals surface area contributed by atoms with E-state index in [9.17, 15) is 9.90 Å². The molecule has 0 spiro atoms. The topological polar surface area (TPSA) is 55.8 Å². The minimum atomic E-state index is -0.222. The van der Waals surface area contributed by atoms with Crippen molar-refractivity contribution in [3.8, 4) is 5.75 Å². The van der Waals surface area contributed by atoms with Gasteiger partial charge in [0, 0.05) is 44.2 Å². The van der Waals surface area contributed by atoms with Crippen LogP contribution in [0.15, 0.2) is 36.4 Å². The molecular formula is C19H25N3O2. The Kier molecular flexibility index (Phi) is 5.02. The van der Waals surface area contributed by atoms with Gasteiger partial charge >= 0.3 is 0 Å². The van der Waals surface area contributed by atoms with E-state index in [-0.39, 0.29) is 17.7 Å². The van der Waals surface area contributed by atoms with E-state index in [4.69, 9.17) is 0 Å². The molecule has 1 aliphatic heterocycles. The van der Waals surface area contributed by atoms with Gasteiger partial charge in [0.1, 0.15) is 5.75 Å². The second-order valence-electron chi connectivity index (χ2n) is 6.66. The third-order valence-electron chi connectivity index (χ3n) is 4.65. The van der Waals surface area contributed by atoms with Crippen LogP contribution in [0, 0.1) is 0 Å². The summed E-state index contributed by atoms with van der Waals surface area (Å²) in [4.78, 5) is 17.2. The van der Waals surface area contributed by atoms with Crippen LogP contribution in [0.5, 0.6) is 5.75 Å². The summed E-state index contributed by atoms with van der Waals surface area (Å²) >= 11 is 0. The predicted molar refractivity (Wildman–Crippen MR) is 96.5 cm³/mol. The van der Waals surface area contributed by atoms with E-state index in [0.717, 1.165) is 38.1 Å². The van der Waals surface area contributed by atoms with Crippen LogP contribution in [0.25, 0.3) is 10.8 Å². The quantitative estimate of drug-likeness (QED) is 0.901. The molecular weight excluding hydrogens is 302 g/mol. The monoisotopic (exact) mass is 327 g/mol. The maximum absolute atomic E-state index is 12.5. The second-order valence-corrected chi connectivity index (χ2v) is 6.66. The normalized spacial score (nSPS) is 17.8. The molecule has 2 aromatic carbocycles. The molecule has 2 aromatic rings. The number of rotatable bonds is 4. The molecule has 2 N–H and O–H groups in total. The van der Waals surface area contributed by atoms with E-state index < -0.39 is 0 Å². The number of benzene rings is 2. The van der Waals surface area contributed by atoms with E-state index >= 15 is 0 Å². The molecule has 3 rings (SSSR count). The summed E-state index contributed by atoms with van der Waals surface area (Å²) in [5.41, 5.74) is 0.332. The van der Waals surface area contributed by atoms with Crippen LogP contribution < -0.4 is 5.32 Å². The highest BCUT2D eigenvalue weighted by atomic mass is 16.3. The van der Waals surface area contributed by atoms with Crippen molar-refractivity contribution < 1.29 is 9.90 Å². The van der Waals surface area contributed by atoms with Crippen molar-refractivity contribution in [2.24, 2.45) is 0 Å². The lowest BCUT2D eigenvalue weighted by Crippen LogP contribution is -2.49. The predicted octanol–water partition coefficient (Wildman–Crippen LogP) is 1.91. The number of phenols is 1. The number of nitrogens with zero attached hydrogens (tertiary/aromatic N) is 2. The number of likely N-dealkylation sites (N-methyl/N-ethyl adjacent to an activating group) is 1. The number of amides is 1. The third kappa shape index (κ3) is 3.68. The molecule has 1 aliphatic rings. The van der Waals surface area contributed by atoms with Gasteiger partial charge in [-0.1, -0.05) is 30.3 Å². The first-order valence-electron chi connectivity index (χ1n) is 8.47. The van der Waals surface area contributed by atoms with Crippen LogP contribution in [-0.2, 0) is 0 Å². The number of piperazine rings is 1. The first kappa shape index (κ1) is 16.7. The van der Waals surface area contributed by atoms with Gasteiger partial charge in [0.2, 0.25) is 0 Å². The zero-order valence-corrected chi connectivity index (χ0v) is 14.3. The Bertz CT molecular complexity index is 724. The van der Waals surface area contributed by atoms with Crippen LogP contribution in [0.3, 0.4) is 0 Å². The molecule has 5 nitrogen and oxygen atoms in total. The van der Waals surface area contributed by atoms with Gasteiger partial charge in [0.25, 0.3) is 5.91 Å². The maximum Gasteiger partial charge on any atom is 0.255 e. The molecule has 5 heteroatoms. The van der Waals surface area contributed by atoms with Crippen molar-refractivity contribution in [1.29, 1.82) is 0 Å². The highest BCUT2D eigenvalue weighted by Gasteiger charge is 2.19. The van der Waals surface area contributed by atoms with Gasteiger partial charge in [-0.3, -0.25) is 9.69 Å². The Balaban J connectivity index is 1.65. The highest BCUT2D eigenvalue weighted by Crippen LogP contribution is 2.28. The van der Waals surface area contributed by atoms with Crippen LogP contribution in [-0.4, -0.2) is 66.6 Å². The Morgan fingerprint density at radius 3 is 2.62 bits per heavy atom. The Hall–Kier alpha value is -2.11. The summed E-state index contributed by atoms with van der Waals surface area (Å²) in [7, 11) is 2.13. The summed E-state index contributed by atoms with van der Waals surface area (Å²) in [6.07, 6.45) is 0. The fourth-order valence-electron chi connectivity index (χ4n) is 3.20. The molecule has 1 amide bonds. The maximum atomic E-state index is 12.5. The number of aromatic hydroxyl groups is 1. The van der Waals surface area contributed by atoms with Gasteiger partial charge in [-0.2, -0.15) is 0 Å². The van der Waals surface area contributed by atoms with E-state index in [2.05, 4.69) is 22.2 Å². The zero-order chi connectivity index (χ0) is 17.1. The van der Waals surface area contributed by atoms with Crippen LogP contribution >= 0.6 is 0 Å². The van der Waals surface area contributed by atoms with Crippen molar-refractivity contribution in [1.82, 2.24) is 15.1 Å². The van der Waals surface area contributed by atoms with Gasteiger partial charge in [0.15, 0.2) is 0 Å². The lowest BCUT2D eigenvalue weighted by Gasteiger charge is -2.34. The van der Waals surface area contributed by atoms with Gasteiger partial charge in [-0.05, 0) is 25.4 Å². The zero-order valence-electron chi connectivity index (χ0n) is 14.3. The molecule has 1 atom stereocenters. The number of hydrogen-bond acceptors (Lipinski definition) is 4. The fourth-order valence-corrected chi connectivity index (χ4v) is 3.20. The molecule has 1 heterocycles. The smallest absolute Gasteiger partial charge is 0.255 e. The molecule has 0 aromatic heterocycles. The molecule has 0 bridgehead atoms. The molecule has 0 saturated carbocycles. The average Bonchev–Trinajstić information content (AvgIpc) is 2.57. The van der Waals surface area contributed by atoms with E-state index in [1.165, 1.54) is 0 Å². The lowest BCUT2D eigenvalue weighted by molar-refractivity contribution is 0.0912. The minimum absolute atomic E-state index is 0.0341. The Morgan fingerprint density at radius 1 is 1.17 bits per heavy atom. The standard InChI is InChI=1S/C19H25N3O2/c1-14(13-22-11-9-21(2)10-12-22)20-19(24)17-8-7-15-5-3-4-6-16(15)18(17)23/h3-8,14,23H,9-13H2,1-2H3,(H,20,24)/t14-/m0/s1. The average molecular weight is 327 g/mol. The van der Waals surface area contributed by atoms with Crippen molar-refractivity contribution in [2.45, 2.75) is 13.0 Å². The van der Waals surface area contributed by atoms with Gasteiger partial charge in [0.05, 0.1) is 5.56 Å². The van der Waals surface area contributed by atoms with Gasteiger partial charge in [-0.25, -0.2) is 0 Å². The summed E-state index contributed by atoms with van der Waals surface area (Å²) in [5.74, 6) is -0.169. The summed E-state index contributed by atoms with van der Waals surface area (Å²) in [5, 5.41) is 15.0. The number of phenolic OH excluding ortho intramolecular Hbond substituents is 1. The van der Waals surface area contributed by atoms with Crippen LogP contribution in [0.1, 0.15) is 17.3 Å². The molecule has 0 unspecified atom stereocenters. The van der Waals surface area contributed by atoms with Crippen LogP contribution in [0.4, 0.5) is 0 Å². The second kappa shape index (κ2) is 7.20. The number of fused-ring (bicyclic) bond motifs is 1. The summed E-state index contributed by atoms with van der Waals surface area (Å²) in [6, 6.07) is 11.1. The number of carbonyl (C=O) groups is 1. The molecule has 0 aliphatic carbocycles. The minimum Gasteiger partial charge on any atom is -0.506 e. The molecule has 1 saturated heterocycles. The molecule has 0 radical (unpaired) electrons. The van der Waals surface area contributed by atoms with Crippen molar-refractivity contribution in [3.05, 3.63) is 42.0 Å². The number of nitrogens with one attached hydrogen (secondary N) is 1. The SMILES string of the molecule is C[C@@H](CN1CCN(C)CC1)NC(=O)c1ccc2ccccc2c1O. The first-order valence-corrected chi connectivity index (χ1v) is 8.47. The van der Waals surface area contributed by atoms with Crippen molar-refractivity contribution >= 4 is 16.7 Å². The summed E-state index contributed by atoms with van der Waals surface area (Å²) in [6.45, 7) is 7.01. The third-order valence-corrected chi connectivity index (χ3v) is 4.65. The molecule has 24 heavy (non-hydrogen) atoms. The first-order chi connectivity index (χ1) is 11.5. The van der Waals surface area contributed by atoms with Crippen molar-refractivity contribution in [2.75, 3.05) is 39.8 Å². The van der Waals surface area contributed by atoms with E-state index in [1.54, 1.807) is 6.07 Å². The fraction of sp³-hybridized carbons (Fsp3) is 0.421. The lowest BCUT2D eigenvalue weighted by atomic mass is 10.0.